The van der Waals surface area contributed by atoms with Crippen LogP contribution in [0.3, 0.4) is 0 Å². The molecule has 0 amide bonds. The number of benzene rings is 2. The summed E-state index contributed by atoms with van der Waals surface area (Å²) in [5.41, 5.74) is 3.75. The van der Waals surface area contributed by atoms with Crippen LogP contribution in [0.5, 0.6) is 0 Å². The molecule has 0 spiro atoms. The number of fused-ring (bicyclic) bond motifs is 4. The van der Waals surface area contributed by atoms with E-state index in [1.165, 1.54) is 11.8 Å². The van der Waals surface area contributed by atoms with E-state index < -0.39 is 0 Å². The second-order valence-electron chi connectivity index (χ2n) is 6.67. The lowest BCUT2D eigenvalue weighted by Crippen LogP contribution is -2.05. The van der Waals surface area contributed by atoms with Gasteiger partial charge in [0.15, 0.2) is 16.6 Å². The molecule has 3 aromatic heterocycles. The molecule has 0 fully saturated rings. The molecule has 8 heteroatoms. The zero-order chi connectivity index (χ0) is 19.8. The number of para-hydroxylation sites is 3. The van der Waals surface area contributed by atoms with Crippen molar-refractivity contribution in [2.75, 3.05) is 5.75 Å². The van der Waals surface area contributed by atoms with Crippen molar-refractivity contribution in [1.29, 1.82) is 5.26 Å². The summed E-state index contributed by atoms with van der Waals surface area (Å²) < 4.78 is 3.96. The van der Waals surface area contributed by atoms with Gasteiger partial charge in [0, 0.05) is 18.4 Å². The molecular formula is C21H17N7S. The van der Waals surface area contributed by atoms with E-state index in [0.717, 1.165) is 45.8 Å². The van der Waals surface area contributed by atoms with Crippen molar-refractivity contribution in [2.45, 2.75) is 25.0 Å². The summed E-state index contributed by atoms with van der Waals surface area (Å²) in [5.74, 6) is 2.04. The van der Waals surface area contributed by atoms with Crippen LogP contribution in [0.2, 0.25) is 0 Å². The van der Waals surface area contributed by atoms with Gasteiger partial charge < -0.3 is 4.57 Å². The van der Waals surface area contributed by atoms with Crippen LogP contribution in [-0.4, -0.2) is 34.9 Å². The molecule has 0 bridgehead atoms. The molecule has 3 heterocycles. The molecule has 0 unspecified atom stereocenters. The quantitative estimate of drug-likeness (QED) is 0.330. The molecule has 0 aliphatic rings. The number of thioether (sulfide) groups is 1. The molecule has 0 saturated heterocycles. The summed E-state index contributed by atoms with van der Waals surface area (Å²) >= 11 is 1.37. The standard InChI is InChI=1S/C21H17N7S/c1-14-23-17-8-4-5-9-18(17)27(14)12-10-19-25-20-15-6-2-3-7-16(15)24-21(28(20)26-19)29-13-11-22/h2-9H,10,12-13H2,1H3. The monoisotopic (exact) mass is 399 g/mol. The molecule has 0 aliphatic carbocycles. The lowest BCUT2D eigenvalue weighted by Gasteiger charge is -2.04. The van der Waals surface area contributed by atoms with Gasteiger partial charge in [-0.1, -0.05) is 36.0 Å². The summed E-state index contributed by atoms with van der Waals surface area (Å²) in [6, 6.07) is 18.2. The Morgan fingerprint density at radius 3 is 2.66 bits per heavy atom. The van der Waals surface area contributed by atoms with Crippen molar-refractivity contribution in [2.24, 2.45) is 0 Å². The van der Waals surface area contributed by atoms with E-state index in [1.807, 2.05) is 49.4 Å². The molecule has 7 nitrogen and oxygen atoms in total. The van der Waals surface area contributed by atoms with E-state index in [-0.39, 0.29) is 0 Å². The highest BCUT2D eigenvalue weighted by atomic mass is 32.2. The molecule has 0 aliphatic heterocycles. The Morgan fingerprint density at radius 2 is 1.79 bits per heavy atom. The summed E-state index contributed by atoms with van der Waals surface area (Å²) in [5, 5.41) is 15.3. The summed E-state index contributed by atoms with van der Waals surface area (Å²) in [7, 11) is 0. The third kappa shape index (κ3) is 3.09. The number of imidazole rings is 1. The van der Waals surface area contributed by atoms with Crippen LogP contribution < -0.4 is 0 Å². The van der Waals surface area contributed by atoms with Crippen LogP contribution in [-0.2, 0) is 13.0 Å². The third-order valence-corrected chi connectivity index (χ3v) is 5.66. The van der Waals surface area contributed by atoms with E-state index in [2.05, 4.69) is 26.7 Å². The Kier molecular flexibility index (Phi) is 4.37. The predicted octanol–water partition coefficient (Wildman–Crippen LogP) is 3.79. The first-order chi connectivity index (χ1) is 14.2. The topological polar surface area (TPSA) is 84.7 Å². The van der Waals surface area contributed by atoms with Crippen molar-refractivity contribution < 1.29 is 0 Å². The Bertz CT molecular complexity index is 1390. The van der Waals surface area contributed by atoms with Gasteiger partial charge in [0.1, 0.15) is 5.82 Å². The zero-order valence-corrected chi connectivity index (χ0v) is 16.6. The molecule has 5 aromatic rings. The van der Waals surface area contributed by atoms with Gasteiger partial charge in [-0.2, -0.15) is 9.78 Å². The molecule has 0 saturated carbocycles. The van der Waals surface area contributed by atoms with Gasteiger partial charge >= 0.3 is 0 Å². The Balaban J connectivity index is 1.54. The lowest BCUT2D eigenvalue weighted by molar-refractivity contribution is 0.662. The van der Waals surface area contributed by atoms with Crippen LogP contribution in [0.4, 0.5) is 0 Å². The fourth-order valence-electron chi connectivity index (χ4n) is 3.56. The number of hydrogen-bond acceptors (Lipinski definition) is 6. The van der Waals surface area contributed by atoms with E-state index >= 15 is 0 Å². The van der Waals surface area contributed by atoms with Crippen LogP contribution in [0, 0.1) is 18.3 Å². The lowest BCUT2D eigenvalue weighted by atomic mass is 10.2. The summed E-state index contributed by atoms with van der Waals surface area (Å²) in [6.07, 6.45) is 0.680. The molecule has 0 N–H and O–H groups in total. The molecular weight excluding hydrogens is 382 g/mol. The smallest absolute Gasteiger partial charge is 0.192 e. The SMILES string of the molecule is Cc1nc2ccccc2n1CCc1nc2c3ccccc3nc(SCC#N)n2n1. The van der Waals surface area contributed by atoms with Crippen molar-refractivity contribution in [3.63, 3.8) is 0 Å². The first-order valence-corrected chi connectivity index (χ1v) is 10.3. The van der Waals surface area contributed by atoms with Gasteiger partial charge in [0.05, 0.1) is 28.4 Å². The number of hydrogen-bond donors (Lipinski definition) is 0. The molecule has 29 heavy (non-hydrogen) atoms. The minimum Gasteiger partial charge on any atom is -0.328 e. The molecule has 0 atom stereocenters. The Labute approximate surface area is 171 Å². The van der Waals surface area contributed by atoms with Crippen molar-refractivity contribution in [1.82, 2.24) is 29.1 Å². The van der Waals surface area contributed by atoms with Gasteiger partial charge in [-0.25, -0.2) is 15.0 Å². The highest BCUT2D eigenvalue weighted by Gasteiger charge is 2.14. The van der Waals surface area contributed by atoms with E-state index in [4.69, 9.17) is 15.3 Å². The maximum atomic E-state index is 8.97. The van der Waals surface area contributed by atoms with E-state index in [0.29, 0.717) is 17.3 Å². The van der Waals surface area contributed by atoms with Crippen LogP contribution in [0.15, 0.2) is 53.7 Å². The van der Waals surface area contributed by atoms with Crippen LogP contribution >= 0.6 is 11.8 Å². The minimum absolute atomic E-state index is 0.315. The fraction of sp³-hybridized carbons (Fsp3) is 0.190. The van der Waals surface area contributed by atoms with Crippen LogP contribution in [0.25, 0.3) is 27.6 Å². The number of aromatic nitrogens is 6. The van der Waals surface area contributed by atoms with E-state index in [9.17, 15) is 0 Å². The second kappa shape index (κ2) is 7.18. The first-order valence-electron chi connectivity index (χ1n) is 9.30. The molecule has 0 radical (unpaired) electrons. The van der Waals surface area contributed by atoms with Gasteiger partial charge in [0.25, 0.3) is 0 Å². The number of aryl methyl sites for hydroxylation is 3. The Hall–Kier alpha value is -3.44. The number of nitriles is 1. The average Bonchev–Trinajstić information content (AvgIpc) is 3.31. The fourth-order valence-corrected chi connectivity index (χ4v) is 4.17. The van der Waals surface area contributed by atoms with Gasteiger partial charge in [-0.3, -0.25) is 0 Å². The summed E-state index contributed by atoms with van der Waals surface area (Å²) in [4.78, 5) is 14.1. The van der Waals surface area contributed by atoms with Crippen molar-refractivity contribution >= 4 is 39.3 Å². The van der Waals surface area contributed by atoms with Crippen molar-refractivity contribution in [3.05, 3.63) is 60.2 Å². The maximum Gasteiger partial charge on any atom is 0.192 e. The average molecular weight is 399 g/mol. The molecule has 5 rings (SSSR count). The van der Waals surface area contributed by atoms with Gasteiger partial charge in [-0.05, 0) is 31.2 Å². The number of nitrogens with zero attached hydrogens (tertiary/aromatic N) is 7. The van der Waals surface area contributed by atoms with Gasteiger partial charge in [-0.15, -0.1) is 5.10 Å². The minimum atomic E-state index is 0.315. The predicted molar refractivity (Wildman–Crippen MR) is 113 cm³/mol. The highest BCUT2D eigenvalue weighted by Crippen LogP contribution is 2.24. The Morgan fingerprint density at radius 1 is 1.00 bits per heavy atom. The normalized spacial score (nSPS) is 11.4. The summed E-state index contributed by atoms with van der Waals surface area (Å²) in [6.45, 7) is 2.76. The maximum absolute atomic E-state index is 8.97. The zero-order valence-electron chi connectivity index (χ0n) is 15.8. The third-order valence-electron chi connectivity index (χ3n) is 4.86. The molecule has 142 valence electrons. The number of rotatable bonds is 5. The van der Waals surface area contributed by atoms with E-state index in [1.54, 1.807) is 4.52 Å². The largest absolute Gasteiger partial charge is 0.328 e. The molecule has 2 aromatic carbocycles. The highest BCUT2D eigenvalue weighted by molar-refractivity contribution is 7.99. The first kappa shape index (κ1) is 17.6. The van der Waals surface area contributed by atoms with Crippen molar-refractivity contribution in [3.8, 4) is 6.07 Å². The van der Waals surface area contributed by atoms with Gasteiger partial charge in [0.2, 0.25) is 0 Å². The second-order valence-corrected chi connectivity index (χ2v) is 7.61. The van der Waals surface area contributed by atoms with Crippen LogP contribution in [0.1, 0.15) is 11.6 Å².